The van der Waals surface area contributed by atoms with Crippen molar-refractivity contribution in [2.45, 2.75) is 45.3 Å². The van der Waals surface area contributed by atoms with Crippen molar-refractivity contribution in [2.75, 3.05) is 6.54 Å². The third kappa shape index (κ3) is 4.36. The quantitative estimate of drug-likeness (QED) is 0.665. The molecule has 5 heteroatoms. The summed E-state index contributed by atoms with van der Waals surface area (Å²) >= 11 is 0. The standard InChI is InChI=1S/C10H20N2O2.ClH/c1-9(2,3)7(11)8(13)12-6-10(14)4-5-10;/h7,14H,4-6,11H2,1-3H3,(H,12,13);1H/t7-;/m1./s1. The molecule has 0 aromatic heterocycles. The van der Waals surface area contributed by atoms with E-state index in [9.17, 15) is 9.90 Å². The number of halogens is 1. The minimum Gasteiger partial charge on any atom is -0.388 e. The zero-order valence-corrected chi connectivity index (χ0v) is 10.4. The van der Waals surface area contributed by atoms with Crippen molar-refractivity contribution in [2.24, 2.45) is 11.1 Å². The topological polar surface area (TPSA) is 75.4 Å². The van der Waals surface area contributed by atoms with Crippen molar-refractivity contribution in [3.63, 3.8) is 0 Å². The molecule has 0 heterocycles. The van der Waals surface area contributed by atoms with E-state index in [4.69, 9.17) is 5.73 Å². The molecule has 0 bridgehead atoms. The van der Waals surface area contributed by atoms with Gasteiger partial charge in [0.1, 0.15) is 0 Å². The van der Waals surface area contributed by atoms with E-state index in [0.717, 1.165) is 12.8 Å². The number of carbonyl (C=O) groups is 1. The van der Waals surface area contributed by atoms with E-state index in [1.54, 1.807) is 0 Å². The molecule has 1 fully saturated rings. The molecule has 90 valence electrons. The van der Waals surface area contributed by atoms with Gasteiger partial charge < -0.3 is 16.2 Å². The summed E-state index contributed by atoms with van der Waals surface area (Å²) in [7, 11) is 0. The Bertz CT molecular complexity index is 234. The molecule has 0 aromatic rings. The van der Waals surface area contributed by atoms with Gasteiger partial charge in [-0.05, 0) is 18.3 Å². The van der Waals surface area contributed by atoms with Crippen molar-refractivity contribution in [3.05, 3.63) is 0 Å². The summed E-state index contributed by atoms with van der Waals surface area (Å²) in [6.07, 6.45) is 1.55. The molecule has 0 radical (unpaired) electrons. The predicted octanol–water partition coefficient (Wildman–Crippen LogP) is 0.423. The largest absolute Gasteiger partial charge is 0.388 e. The van der Waals surface area contributed by atoms with E-state index in [2.05, 4.69) is 5.32 Å². The molecule has 1 rings (SSSR count). The number of carbonyl (C=O) groups excluding carboxylic acids is 1. The van der Waals surface area contributed by atoms with Crippen LogP contribution in [0.4, 0.5) is 0 Å². The number of hydrogen-bond acceptors (Lipinski definition) is 3. The first-order chi connectivity index (χ1) is 6.25. The maximum atomic E-state index is 11.5. The fourth-order valence-electron chi connectivity index (χ4n) is 1.08. The summed E-state index contributed by atoms with van der Waals surface area (Å²) in [6, 6.07) is -0.523. The first kappa shape index (κ1) is 14.7. The van der Waals surface area contributed by atoms with Crippen molar-refractivity contribution in [1.82, 2.24) is 5.32 Å². The molecule has 1 atom stereocenters. The van der Waals surface area contributed by atoms with Crippen LogP contribution in [-0.4, -0.2) is 29.2 Å². The minimum atomic E-state index is -0.646. The van der Waals surface area contributed by atoms with Gasteiger partial charge in [-0.15, -0.1) is 12.4 Å². The molecular formula is C10H21ClN2O2. The smallest absolute Gasteiger partial charge is 0.237 e. The summed E-state index contributed by atoms with van der Waals surface area (Å²) in [4.78, 5) is 11.5. The maximum absolute atomic E-state index is 11.5. The summed E-state index contributed by atoms with van der Waals surface area (Å²) in [5.74, 6) is -0.183. The molecule has 0 aliphatic heterocycles. The Labute approximate surface area is 97.0 Å². The van der Waals surface area contributed by atoms with Gasteiger partial charge in [0.15, 0.2) is 0 Å². The van der Waals surface area contributed by atoms with Crippen LogP contribution in [-0.2, 0) is 4.79 Å². The third-order valence-electron chi connectivity index (χ3n) is 2.63. The lowest BCUT2D eigenvalue weighted by Crippen LogP contribution is -2.50. The third-order valence-corrected chi connectivity index (χ3v) is 2.63. The molecule has 15 heavy (non-hydrogen) atoms. The Hall–Kier alpha value is -0.320. The molecule has 0 saturated heterocycles. The zero-order chi connectivity index (χ0) is 11.0. The van der Waals surface area contributed by atoms with Gasteiger partial charge in [-0.3, -0.25) is 4.79 Å². The highest BCUT2D eigenvalue weighted by Crippen LogP contribution is 2.34. The van der Waals surface area contributed by atoms with Gasteiger partial charge in [0.2, 0.25) is 5.91 Å². The van der Waals surface area contributed by atoms with Gasteiger partial charge in [-0.1, -0.05) is 20.8 Å². The molecule has 1 aliphatic carbocycles. The molecule has 4 nitrogen and oxygen atoms in total. The minimum absolute atomic E-state index is 0. The van der Waals surface area contributed by atoms with Crippen molar-refractivity contribution in [1.29, 1.82) is 0 Å². The molecule has 1 aliphatic rings. The maximum Gasteiger partial charge on any atom is 0.237 e. The number of hydrogen-bond donors (Lipinski definition) is 3. The first-order valence-corrected chi connectivity index (χ1v) is 5.00. The SMILES string of the molecule is CC(C)(C)[C@H](N)C(=O)NCC1(O)CC1.Cl. The van der Waals surface area contributed by atoms with Crippen LogP contribution >= 0.6 is 12.4 Å². The fraction of sp³-hybridized carbons (Fsp3) is 0.900. The molecule has 0 unspecified atom stereocenters. The van der Waals surface area contributed by atoms with Gasteiger partial charge in [0, 0.05) is 6.54 Å². The second-order valence-electron chi connectivity index (χ2n) is 5.29. The molecule has 0 spiro atoms. The van der Waals surface area contributed by atoms with Crippen LogP contribution < -0.4 is 11.1 Å². The van der Waals surface area contributed by atoms with Gasteiger partial charge >= 0.3 is 0 Å². The Morgan fingerprint density at radius 3 is 2.33 bits per heavy atom. The lowest BCUT2D eigenvalue weighted by atomic mass is 9.87. The van der Waals surface area contributed by atoms with Gasteiger partial charge in [-0.2, -0.15) is 0 Å². The van der Waals surface area contributed by atoms with E-state index in [-0.39, 0.29) is 23.7 Å². The molecule has 1 saturated carbocycles. The predicted molar refractivity (Wildman–Crippen MR) is 61.9 cm³/mol. The second-order valence-corrected chi connectivity index (χ2v) is 5.29. The van der Waals surface area contributed by atoms with Crippen molar-refractivity contribution in [3.8, 4) is 0 Å². The van der Waals surface area contributed by atoms with Crippen LogP contribution in [0.2, 0.25) is 0 Å². The van der Waals surface area contributed by atoms with Gasteiger partial charge in [-0.25, -0.2) is 0 Å². The van der Waals surface area contributed by atoms with E-state index >= 15 is 0 Å². The van der Waals surface area contributed by atoms with Crippen LogP contribution in [0.1, 0.15) is 33.6 Å². The van der Waals surface area contributed by atoms with Crippen molar-refractivity contribution >= 4 is 18.3 Å². The van der Waals surface area contributed by atoms with Crippen LogP contribution in [0, 0.1) is 5.41 Å². The number of rotatable bonds is 3. The van der Waals surface area contributed by atoms with E-state index in [1.165, 1.54) is 0 Å². The number of nitrogens with one attached hydrogen (secondary N) is 1. The lowest BCUT2D eigenvalue weighted by molar-refractivity contribution is -0.125. The molecular weight excluding hydrogens is 216 g/mol. The second kappa shape index (κ2) is 4.68. The molecule has 0 aromatic carbocycles. The Morgan fingerprint density at radius 1 is 1.53 bits per heavy atom. The number of aliphatic hydroxyl groups is 1. The summed E-state index contributed by atoms with van der Waals surface area (Å²) in [6.45, 7) is 6.09. The summed E-state index contributed by atoms with van der Waals surface area (Å²) in [5, 5.41) is 12.2. The van der Waals surface area contributed by atoms with E-state index in [0.29, 0.717) is 6.54 Å². The van der Waals surface area contributed by atoms with Crippen LogP contribution in [0.5, 0.6) is 0 Å². The van der Waals surface area contributed by atoms with Crippen molar-refractivity contribution < 1.29 is 9.90 Å². The Balaban J connectivity index is 0.00000196. The summed E-state index contributed by atoms with van der Waals surface area (Å²) in [5.41, 5.74) is 4.86. The normalized spacial score (nSPS) is 20.1. The Morgan fingerprint density at radius 2 is 2.00 bits per heavy atom. The lowest BCUT2D eigenvalue weighted by Gasteiger charge is -2.26. The van der Waals surface area contributed by atoms with Crippen LogP contribution in [0.15, 0.2) is 0 Å². The zero-order valence-electron chi connectivity index (χ0n) is 9.54. The van der Waals surface area contributed by atoms with Crippen LogP contribution in [0.3, 0.4) is 0 Å². The van der Waals surface area contributed by atoms with Gasteiger partial charge in [0.05, 0.1) is 11.6 Å². The monoisotopic (exact) mass is 236 g/mol. The first-order valence-electron chi connectivity index (χ1n) is 5.00. The fourth-order valence-corrected chi connectivity index (χ4v) is 1.08. The average Bonchev–Trinajstić information content (AvgIpc) is 2.77. The highest BCUT2D eigenvalue weighted by atomic mass is 35.5. The highest BCUT2D eigenvalue weighted by molar-refractivity contribution is 5.85. The van der Waals surface area contributed by atoms with E-state index in [1.807, 2.05) is 20.8 Å². The summed E-state index contributed by atoms with van der Waals surface area (Å²) < 4.78 is 0. The molecule has 4 N–H and O–H groups in total. The molecule has 1 amide bonds. The average molecular weight is 237 g/mol. The van der Waals surface area contributed by atoms with Crippen LogP contribution in [0.25, 0.3) is 0 Å². The highest BCUT2D eigenvalue weighted by Gasteiger charge is 2.41. The number of nitrogens with two attached hydrogens (primary N) is 1. The Kier molecular flexibility index (Phi) is 4.58. The number of amides is 1. The van der Waals surface area contributed by atoms with Gasteiger partial charge in [0.25, 0.3) is 0 Å². The van der Waals surface area contributed by atoms with E-state index < -0.39 is 11.6 Å².